The number of aromatic nitrogens is 2. The van der Waals surface area contributed by atoms with E-state index in [0.29, 0.717) is 6.04 Å². The topological polar surface area (TPSA) is 50.1 Å². The molecule has 0 aliphatic carbocycles. The molecule has 0 amide bonds. The Bertz CT molecular complexity index is 273. The van der Waals surface area contributed by atoms with Crippen molar-refractivity contribution in [3.05, 3.63) is 18.2 Å². The van der Waals surface area contributed by atoms with E-state index in [2.05, 4.69) is 17.2 Å². The lowest BCUT2D eigenvalue weighted by molar-refractivity contribution is 0.262. The molecule has 0 bridgehead atoms. The summed E-state index contributed by atoms with van der Waals surface area (Å²) in [5.41, 5.74) is 0. The highest BCUT2D eigenvalue weighted by Gasteiger charge is 2.05. The first kappa shape index (κ1) is 12.2. The molecule has 1 aromatic rings. The second-order valence-electron chi connectivity index (χ2n) is 3.78. The van der Waals surface area contributed by atoms with Crippen molar-refractivity contribution >= 4 is 0 Å². The second kappa shape index (κ2) is 6.58. The summed E-state index contributed by atoms with van der Waals surface area (Å²) >= 11 is 0. The summed E-state index contributed by atoms with van der Waals surface area (Å²) in [6.45, 7) is 3.31. The van der Waals surface area contributed by atoms with E-state index in [1.807, 2.05) is 24.0 Å². The van der Waals surface area contributed by atoms with E-state index in [0.717, 1.165) is 31.6 Å². The van der Waals surface area contributed by atoms with E-state index in [1.165, 1.54) is 0 Å². The lowest BCUT2D eigenvalue weighted by Crippen LogP contribution is -2.31. The molecule has 0 saturated carbocycles. The predicted octanol–water partition coefficient (Wildman–Crippen LogP) is 0.713. The van der Waals surface area contributed by atoms with Crippen LogP contribution in [-0.4, -0.2) is 33.9 Å². The minimum Gasteiger partial charge on any atom is -0.396 e. The summed E-state index contributed by atoms with van der Waals surface area (Å²) in [7, 11) is 2.01. The molecular formula is C11H21N3O. The van der Waals surface area contributed by atoms with Gasteiger partial charge in [0.2, 0.25) is 0 Å². The van der Waals surface area contributed by atoms with E-state index in [-0.39, 0.29) is 6.61 Å². The maximum absolute atomic E-state index is 8.84. The van der Waals surface area contributed by atoms with E-state index in [9.17, 15) is 0 Å². The summed E-state index contributed by atoms with van der Waals surface area (Å²) in [6, 6.07) is 0.426. The minimum absolute atomic E-state index is 0.258. The smallest absolute Gasteiger partial charge is 0.109 e. The fourth-order valence-corrected chi connectivity index (χ4v) is 1.63. The van der Waals surface area contributed by atoms with Gasteiger partial charge in [-0.15, -0.1) is 0 Å². The Balaban J connectivity index is 2.23. The first-order valence-electron chi connectivity index (χ1n) is 5.58. The number of imidazole rings is 1. The number of rotatable bonds is 7. The number of aryl methyl sites for hydroxylation is 1. The zero-order valence-electron chi connectivity index (χ0n) is 9.61. The van der Waals surface area contributed by atoms with Gasteiger partial charge in [-0.2, -0.15) is 0 Å². The van der Waals surface area contributed by atoms with Gasteiger partial charge in [0.1, 0.15) is 5.82 Å². The lowest BCUT2D eigenvalue weighted by atomic mass is 10.1. The van der Waals surface area contributed by atoms with Gasteiger partial charge in [0.05, 0.1) is 0 Å². The summed E-state index contributed by atoms with van der Waals surface area (Å²) in [4.78, 5) is 4.26. The molecule has 4 heteroatoms. The van der Waals surface area contributed by atoms with Gasteiger partial charge >= 0.3 is 0 Å². The molecule has 4 nitrogen and oxygen atoms in total. The van der Waals surface area contributed by atoms with Gasteiger partial charge < -0.3 is 15.0 Å². The van der Waals surface area contributed by atoms with E-state index < -0.39 is 0 Å². The molecule has 0 radical (unpaired) electrons. The molecule has 0 aliphatic heterocycles. The van der Waals surface area contributed by atoms with Crippen LogP contribution in [0.15, 0.2) is 12.4 Å². The molecule has 0 aliphatic rings. The molecule has 86 valence electrons. The highest BCUT2D eigenvalue weighted by Crippen LogP contribution is 1.98. The van der Waals surface area contributed by atoms with Crippen molar-refractivity contribution in [2.45, 2.75) is 32.2 Å². The van der Waals surface area contributed by atoms with Gasteiger partial charge in [0, 0.05) is 45.1 Å². The van der Waals surface area contributed by atoms with Crippen LogP contribution < -0.4 is 5.32 Å². The van der Waals surface area contributed by atoms with Crippen molar-refractivity contribution in [3.8, 4) is 0 Å². The zero-order valence-corrected chi connectivity index (χ0v) is 9.61. The van der Waals surface area contributed by atoms with Gasteiger partial charge in [-0.25, -0.2) is 4.98 Å². The summed E-state index contributed by atoms with van der Waals surface area (Å²) in [5.74, 6) is 1.10. The summed E-state index contributed by atoms with van der Waals surface area (Å²) in [5, 5.41) is 12.3. The SMILES string of the molecule is CCC(CCO)NCCc1nccn1C. The molecule has 0 spiro atoms. The maximum atomic E-state index is 8.84. The van der Waals surface area contributed by atoms with Crippen LogP contribution in [0.3, 0.4) is 0 Å². The standard InChI is InChI=1S/C11H21N3O/c1-3-10(5-9-15)12-6-4-11-13-7-8-14(11)2/h7-8,10,12,15H,3-6,9H2,1-2H3. The molecule has 1 rings (SSSR count). The molecule has 0 saturated heterocycles. The van der Waals surface area contributed by atoms with Crippen LogP contribution in [-0.2, 0) is 13.5 Å². The van der Waals surface area contributed by atoms with Gasteiger partial charge in [0.25, 0.3) is 0 Å². The quantitative estimate of drug-likeness (QED) is 0.698. The molecule has 1 heterocycles. The highest BCUT2D eigenvalue weighted by molar-refractivity contribution is 4.91. The third-order valence-corrected chi connectivity index (χ3v) is 2.67. The molecule has 15 heavy (non-hydrogen) atoms. The van der Waals surface area contributed by atoms with Crippen molar-refractivity contribution in [1.82, 2.24) is 14.9 Å². The normalized spacial score (nSPS) is 13.0. The largest absolute Gasteiger partial charge is 0.396 e. The molecule has 0 aromatic carbocycles. The average Bonchev–Trinajstić information content (AvgIpc) is 2.63. The number of aliphatic hydroxyl groups excluding tert-OH is 1. The fraction of sp³-hybridized carbons (Fsp3) is 0.727. The lowest BCUT2D eigenvalue weighted by Gasteiger charge is -2.15. The summed E-state index contributed by atoms with van der Waals surface area (Å²) < 4.78 is 2.04. The first-order chi connectivity index (χ1) is 7.27. The Morgan fingerprint density at radius 3 is 2.93 bits per heavy atom. The molecule has 0 fully saturated rings. The van der Waals surface area contributed by atoms with Crippen molar-refractivity contribution in [2.75, 3.05) is 13.2 Å². The third kappa shape index (κ3) is 4.01. The Labute approximate surface area is 91.3 Å². The van der Waals surface area contributed by atoms with Crippen LogP contribution >= 0.6 is 0 Å². The van der Waals surface area contributed by atoms with Crippen LogP contribution in [0.1, 0.15) is 25.6 Å². The average molecular weight is 211 g/mol. The van der Waals surface area contributed by atoms with Gasteiger partial charge in [-0.1, -0.05) is 6.92 Å². The van der Waals surface area contributed by atoms with Crippen LogP contribution in [0.2, 0.25) is 0 Å². The van der Waals surface area contributed by atoms with Crippen molar-refractivity contribution in [3.63, 3.8) is 0 Å². The van der Waals surface area contributed by atoms with Crippen LogP contribution in [0.4, 0.5) is 0 Å². The minimum atomic E-state index is 0.258. The molecule has 1 atom stereocenters. The Morgan fingerprint density at radius 1 is 1.60 bits per heavy atom. The Kier molecular flexibility index (Phi) is 5.36. The Morgan fingerprint density at radius 2 is 2.40 bits per heavy atom. The number of hydrogen-bond acceptors (Lipinski definition) is 3. The maximum Gasteiger partial charge on any atom is 0.109 e. The number of aliphatic hydroxyl groups is 1. The first-order valence-corrected chi connectivity index (χ1v) is 5.58. The highest BCUT2D eigenvalue weighted by atomic mass is 16.3. The molecular weight excluding hydrogens is 190 g/mol. The van der Waals surface area contributed by atoms with Crippen molar-refractivity contribution < 1.29 is 5.11 Å². The van der Waals surface area contributed by atoms with E-state index in [4.69, 9.17) is 5.11 Å². The number of nitrogens with one attached hydrogen (secondary N) is 1. The van der Waals surface area contributed by atoms with Gasteiger partial charge in [-0.05, 0) is 12.8 Å². The molecule has 1 unspecified atom stereocenters. The summed E-state index contributed by atoms with van der Waals surface area (Å²) in [6.07, 6.45) is 6.60. The van der Waals surface area contributed by atoms with Crippen LogP contribution in [0, 0.1) is 0 Å². The van der Waals surface area contributed by atoms with Crippen LogP contribution in [0.25, 0.3) is 0 Å². The third-order valence-electron chi connectivity index (χ3n) is 2.67. The molecule has 1 aromatic heterocycles. The second-order valence-corrected chi connectivity index (χ2v) is 3.78. The monoisotopic (exact) mass is 211 g/mol. The van der Waals surface area contributed by atoms with E-state index >= 15 is 0 Å². The fourth-order valence-electron chi connectivity index (χ4n) is 1.63. The number of hydrogen-bond donors (Lipinski definition) is 2. The van der Waals surface area contributed by atoms with E-state index in [1.54, 1.807) is 0 Å². The van der Waals surface area contributed by atoms with Crippen molar-refractivity contribution in [1.29, 1.82) is 0 Å². The van der Waals surface area contributed by atoms with Crippen LogP contribution in [0.5, 0.6) is 0 Å². The Hall–Kier alpha value is -0.870. The van der Waals surface area contributed by atoms with Gasteiger partial charge in [0.15, 0.2) is 0 Å². The van der Waals surface area contributed by atoms with Gasteiger partial charge in [-0.3, -0.25) is 0 Å². The predicted molar refractivity (Wildman–Crippen MR) is 60.7 cm³/mol. The number of nitrogens with zero attached hydrogens (tertiary/aromatic N) is 2. The zero-order chi connectivity index (χ0) is 11.1. The molecule has 2 N–H and O–H groups in total. The van der Waals surface area contributed by atoms with Crippen molar-refractivity contribution in [2.24, 2.45) is 7.05 Å².